The summed E-state index contributed by atoms with van der Waals surface area (Å²) >= 11 is 0. The minimum absolute atomic E-state index is 0.169. The highest BCUT2D eigenvalue weighted by Gasteiger charge is 2.29. The Bertz CT molecular complexity index is 1760. The fourth-order valence-corrected chi connectivity index (χ4v) is 5.97. The van der Waals surface area contributed by atoms with Crippen LogP contribution in [0.25, 0.3) is 32.8 Å². The van der Waals surface area contributed by atoms with Crippen molar-refractivity contribution in [2.45, 2.75) is 52.2 Å². The summed E-state index contributed by atoms with van der Waals surface area (Å²) in [7, 11) is 0. The van der Waals surface area contributed by atoms with Crippen molar-refractivity contribution in [3.8, 4) is 16.9 Å². The highest BCUT2D eigenvalue weighted by Crippen LogP contribution is 2.40. The molecule has 3 heterocycles. The van der Waals surface area contributed by atoms with E-state index in [1.54, 1.807) is 28.8 Å². The molecule has 0 aliphatic carbocycles. The first-order valence-electron chi connectivity index (χ1n) is 14.0. The number of carboxylic acids is 1. The summed E-state index contributed by atoms with van der Waals surface area (Å²) < 4.78 is 43.7. The molecule has 0 unspecified atom stereocenters. The van der Waals surface area contributed by atoms with E-state index in [4.69, 9.17) is 9.47 Å². The molecule has 9 heteroatoms. The number of aromatic nitrogens is 3. The lowest BCUT2D eigenvalue weighted by Gasteiger charge is -2.13. The molecule has 212 valence electrons. The molecule has 6 rings (SSSR count). The first kappa shape index (κ1) is 27.0. The van der Waals surface area contributed by atoms with Crippen LogP contribution in [0.15, 0.2) is 48.5 Å². The second-order valence-corrected chi connectivity index (χ2v) is 10.3. The molecule has 1 aliphatic heterocycles. The van der Waals surface area contributed by atoms with Crippen molar-refractivity contribution in [1.82, 2.24) is 14.8 Å². The second-order valence-electron chi connectivity index (χ2n) is 10.3. The number of fused-ring (bicyclic) bond motifs is 3. The molecule has 3 aromatic carbocycles. The Morgan fingerprint density at radius 1 is 1.05 bits per heavy atom. The summed E-state index contributed by atoms with van der Waals surface area (Å²) in [6.07, 6.45) is 2.94. The normalized spacial score (nSPS) is 13.7. The largest absolute Gasteiger partial charge is 0.493 e. The van der Waals surface area contributed by atoms with Gasteiger partial charge in [-0.05, 0) is 61.9 Å². The van der Waals surface area contributed by atoms with Gasteiger partial charge in [-0.3, -0.25) is 5.10 Å². The van der Waals surface area contributed by atoms with Crippen LogP contribution in [0.2, 0.25) is 0 Å². The zero-order valence-corrected chi connectivity index (χ0v) is 22.8. The standard InChI is InChI=1S/C32H31F2N3O4/c1-2-25-29-26(36-35-25)18-40-16-6-5-15-37-30-22(11-12-24(34)28(29)30)21(31(37)32(38)39)10-7-17-41-27-14-13-23(33)19-8-3-4-9-20(19)27/h3-4,8-9,11-14H,2,5-7,10,15-18H2,1H3,(H,35,36)(H,38,39). The van der Waals surface area contributed by atoms with Crippen molar-refractivity contribution in [2.75, 3.05) is 13.2 Å². The number of carboxylic acid groups (broad SMARTS) is 1. The van der Waals surface area contributed by atoms with Crippen molar-refractivity contribution in [1.29, 1.82) is 0 Å². The van der Waals surface area contributed by atoms with Gasteiger partial charge in [-0.2, -0.15) is 5.10 Å². The third-order valence-corrected chi connectivity index (χ3v) is 7.81. The lowest BCUT2D eigenvalue weighted by molar-refractivity contribution is 0.0683. The van der Waals surface area contributed by atoms with Gasteiger partial charge in [0.15, 0.2) is 0 Å². The van der Waals surface area contributed by atoms with E-state index in [2.05, 4.69) is 10.2 Å². The summed E-state index contributed by atoms with van der Waals surface area (Å²) in [6.45, 7) is 3.46. The number of nitrogens with one attached hydrogen (secondary N) is 1. The molecule has 1 aliphatic rings. The van der Waals surface area contributed by atoms with Crippen LogP contribution in [-0.4, -0.2) is 39.1 Å². The molecule has 0 spiro atoms. The molecule has 7 nitrogen and oxygen atoms in total. The maximum atomic E-state index is 15.8. The zero-order chi connectivity index (χ0) is 28.5. The Hall–Kier alpha value is -4.24. The molecule has 0 atom stereocenters. The topological polar surface area (TPSA) is 89.4 Å². The molecule has 0 saturated heterocycles. The second kappa shape index (κ2) is 11.3. The number of aromatic carboxylic acids is 1. The maximum Gasteiger partial charge on any atom is 0.352 e. The van der Waals surface area contributed by atoms with E-state index in [0.717, 1.165) is 6.42 Å². The molecule has 0 radical (unpaired) electrons. The van der Waals surface area contributed by atoms with Crippen LogP contribution in [0.1, 0.15) is 53.6 Å². The highest BCUT2D eigenvalue weighted by atomic mass is 19.1. The van der Waals surface area contributed by atoms with Gasteiger partial charge in [0.2, 0.25) is 0 Å². The van der Waals surface area contributed by atoms with E-state index in [0.29, 0.717) is 101 Å². The van der Waals surface area contributed by atoms with Crippen LogP contribution in [0, 0.1) is 11.6 Å². The van der Waals surface area contributed by atoms with Gasteiger partial charge in [-0.25, -0.2) is 13.6 Å². The monoisotopic (exact) mass is 559 g/mol. The lowest BCUT2D eigenvalue weighted by atomic mass is 9.97. The van der Waals surface area contributed by atoms with Crippen LogP contribution >= 0.6 is 0 Å². The summed E-state index contributed by atoms with van der Waals surface area (Å²) in [5.41, 5.74) is 3.78. The van der Waals surface area contributed by atoms with Crippen LogP contribution in [0.4, 0.5) is 8.78 Å². The van der Waals surface area contributed by atoms with E-state index < -0.39 is 11.8 Å². The molecular formula is C32H31F2N3O4. The average molecular weight is 560 g/mol. The number of aromatic amines is 1. The van der Waals surface area contributed by atoms with Crippen molar-refractivity contribution in [2.24, 2.45) is 0 Å². The van der Waals surface area contributed by atoms with Gasteiger partial charge in [0, 0.05) is 40.4 Å². The average Bonchev–Trinajstić information content (AvgIpc) is 3.51. The van der Waals surface area contributed by atoms with E-state index in [1.807, 2.05) is 19.1 Å². The summed E-state index contributed by atoms with van der Waals surface area (Å²) in [4.78, 5) is 12.7. The smallest absolute Gasteiger partial charge is 0.352 e. The van der Waals surface area contributed by atoms with Gasteiger partial charge in [0.1, 0.15) is 23.1 Å². The zero-order valence-electron chi connectivity index (χ0n) is 22.8. The van der Waals surface area contributed by atoms with Gasteiger partial charge in [-0.15, -0.1) is 0 Å². The summed E-state index contributed by atoms with van der Waals surface area (Å²) in [5, 5.41) is 19.7. The molecule has 5 aromatic rings. The number of hydrogen-bond donors (Lipinski definition) is 2. The van der Waals surface area contributed by atoms with E-state index >= 15 is 4.39 Å². The fourth-order valence-electron chi connectivity index (χ4n) is 5.97. The van der Waals surface area contributed by atoms with Crippen LogP contribution in [-0.2, 0) is 30.7 Å². The minimum Gasteiger partial charge on any atom is -0.493 e. The number of carbonyl (C=O) groups is 1. The van der Waals surface area contributed by atoms with E-state index in [9.17, 15) is 14.3 Å². The number of nitrogens with zero attached hydrogens (tertiary/aromatic N) is 2. The Morgan fingerprint density at radius 3 is 2.66 bits per heavy atom. The van der Waals surface area contributed by atoms with Gasteiger partial charge < -0.3 is 19.1 Å². The van der Waals surface area contributed by atoms with E-state index in [-0.39, 0.29) is 18.1 Å². The van der Waals surface area contributed by atoms with Crippen molar-refractivity contribution >= 4 is 27.6 Å². The first-order chi connectivity index (χ1) is 20.0. The molecule has 2 N–H and O–H groups in total. The Labute approximate surface area is 235 Å². The Kier molecular flexibility index (Phi) is 7.45. The third kappa shape index (κ3) is 4.84. The number of halogens is 2. The molecule has 0 fully saturated rings. The number of aryl methyl sites for hydroxylation is 3. The van der Waals surface area contributed by atoms with Crippen molar-refractivity contribution < 1.29 is 28.2 Å². The van der Waals surface area contributed by atoms with Crippen LogP contribution in [0.5, 0.6) is 5.75 Å². The number of ether oxygens (including phenoxy) is 2. The summed E-state index contributed by atoms with van der Waals surface area (Å²) in [6, 6.07) is 13.2. The lowest BCUT2D eigenvalue weighted by Crippen LogP contribution is -2.12. The molecular weight excluding hydrogens is 528 g/mol. The highest BCUT2D eigenvalue weighted by molar-refractivity contribution is 6.04. The molecule has 2 aromatic heterocycles. The van der Waals surface area contributed by atoms with Gasteiger partial charge in [-0.1, -0.05) is 31.2 Å². The first-order valence-corrected chi connectivity index (χ1v) is 14.0. The van der Waals surface area contributed by atoms with Crippen LogP contribution in [0.3, 0.4) is 0 Å². The Balaban J connectivity index is 1.41. The summed E-state index contributed by atoms with van der Waals surface area (Å²) in [5.74, 6) is -1.22. The molecule has 0 saturated carbocycles. The number of rotatable bonds is 7. The van der Waals surface area contributed by atoms with Crippen molar-refractivity contribution in [3.05, 3.63) is 82.8 Å². The van der Waals surface area contributed by atoms with Gasteiger partial charge in [0.25, 0.3) is 0 Å². The van der Waals surface area contributed by atoms with Crippen molar-refractivity contribution in [3.63, 3.8) is 0 Å². The molecule has 0 bridgehead atoms. The number of H-pyrrole nitrogens is 1. The maximum absolute atomic E-state index is 15.8. The SMILES string of the molecule is CCc1n[nH]c2c1-c1c(F)ccc3c(CCCOc4ccc(F)c5ccccc45)c(C(=O)O)n(c13)CCCCOC2. The van der Waals surface area contributed by atoms with E-state index in [1.165, 1.54) is 12.1 Å². The Morgan fingerprint density at radius 2 is 1.85 bits per heavy atom. The molecule has 41 heavy (non-hydrogen) atoms. The van der Waals surface area contributed by atoms with Gasteiger partial charge in [0.05, 0.1) is 30.1 Å². The predicted octanol–water partition coefficient (Wildman–Crippen LogP) is 7.05. The number of hydrogen-bond acceptors (Lipinski definition) is 4. The predicted molar refractivity (Wildman–Crippen MR) is 152 cm³/mol. The fraction of sp³-hybridized carbons (Fsp3) is 0.312. The molecule has 0 amide bonds. The minimum atomic E-state index is -1.05. The van der Waals surface area contributed by atoms with Gasteiger partial charge >= 0.3 is 5.97 Å². The third-order valence-electron chi connectivity index (χ3n) is 7.81. The quantitative estimate of drug-likeness (QED) is 0.209. The van der Waals surface area contributed by atoms with Crippen LogP contribution < -0.4 is 4.74 Å². The number of benzene rings is 3.